The molecule has 4 heteroatoms. The van der Waals surface area contributed by atoms with E-state index in [4.69, 9.17) is 10.5 Å². The summed E-state index contributed by atoms with van der Waals surface area (Å²) in [6.07, 6.45) is 0.752. The van der Waals surface area contributed by atoms with Gasteiger partial charge in [-0.25, -0.2) is 0 Å². The molecule has 0 saturated heterocycles. The Labute approximate surface area is 69.7 Å². The van der Waals surface area contributed by atoms with Gasteiger partial charge in [-0.1, -0.05) is 22.3 Å². The van der Waals surface area contributed by atoms with Gasteiger partial charge in [0.1, 0.15) is 25.6 Å². The Bertz CT molecular complexity index is 199. The number of alkyl halides is 1. The Morgan fingerprint density at radius 3 is 2.00 bits per heavy atom. The van der Waals surface area contributed by atoms with Crippen molar-refractivity contribution in [2.45, 2.75) is 6.32 Å². The summed E-state index contributed by atoms with van der Waals surface area (Å²) in [5, 5.41) is 17.4. The summed E-state index contributed by atoms with van der Waals surface area (Å²) in [5.41, 5.74) is 1.10. The molecule has 0 aliphatic carbocycles. The van der Waals surface area contributed by atoms with Gasteiger partial charge in [-0.2, -0.15) is 10.5 Å². The Balaban J connectivity index is 4.62. The van der Waals surface area contributed by atoms with Crippen molar-refractivity contribution < 1.29 is 0 Å². The molecule has 0 atom stereocenters. The predicted molar refractivity (Wildman–Crippen MR) is 45.4 cm³/mol. The molecule has 2 nitrogen and oxygen atoms in total. The first-order chi connectivity index (χ1) is 4.79. The molecule has 0 radical (unpaired) electrons. The van der Waals surface area contributed by atoms with Gasteiger partial charge in [0.15, 0.2) is 0 Å². The number of nitrogens with zero attached hydrogens (tertiary/aromatic N) is 2. The summed E-state index contributed by atoms with van der Waals surface area (Å²) in [4.78, 5) is 0. The number of nitriles is 2. The van der Waals surface area contributed by atoms with Crippen LogP contribution in [0.2, 0.25) is 6.32 Å². The van der Waals surface area contributed by atoms with Gasteiger partial charge < -0.3 is 0 Å². The van der Waals surface area contributed by atoms with Crippen LogP contribution >= 0.6 is 15.9 Å². The molecule has 10 heavy (non-hydrogen) atoms. The van der Waals surface area contributed by atoms with Crippen molar-refractivity contribution in [1.29, 1.82) is 10.5 Å². The number of rotatable bonds is 2. The highest BCUT2D eigenvalue weighted by Gasteiger charge is 2.00. The molecule has 0 amide bonds. The highest BCUT2D eigenvalue weighted by atomic mass is 79.9. The predicted octanol–water partition coefficient (Wildman–Crippen LogP) is 0.776. The van der Waals surface area contributed by atoms with E-state index in [1.165, 1.54) is 0 Å². The van der Waals surface area contributed by atoms with E-state index >= 15 is 0 Å². The lowest BCUT2D eigenvalue weighted by Gasteiger charge is -1.95. The van der Waals surface area contributed by atoms with Crippen molar-refractivity contribution in [3.8, 4) is 12.1 Å². The minimum atomic E-state index is 0.236. The van der Waals surface area contributed by atoms with Crippen LogP contribution in [0.25, 0.3) is 0 Å². The molecule has 0 unspecified atom stereocenters. The number of hydrogen-bond donors (Lipinski definition) is 0. The molecule has 0 fully saturated rings. The van der Waals surface area contributed by atoms with Gasteiger partial charge in [-0.3, -0.25) is 0 Å². The molecule has 0 saturated carbocycles. The van der Waals surface area contributed by atoms with Crippen LogP contribution in [0.1, 0.15) is 0 Å². The van der Waals surface area contributed by atoms with Crippen LogP contribution < -0.4 is 0 Å². The van der Waals surface area contributed by atoms with Crippen LogP contribution in [0, 0.1) is 22.7 Å². The molecular formula is C6H6BBrN2. The van der Waals surface area contributed by atoms with Crippen LogP contribution in [0.3, 0.4) is 0 Å². The monoisotopic (exact) mass is 196 g/mol. The summed E-state index contributed by atoms with van der Waals surface area (Å²) < 4.78 is 0. The minimum absolute atomic E-state index is 0.236. The fourth-order valence-corrected chi connectivity index (χ4v) is 1.20. The first-order valence-corrected chi connectivity index (χ1v) is 4.00. The maximum absolute atomic E-state index is 8.41. The lowest BCUT2D eigenvalue weighted by molar-refractivity contribution is 1.34. The highest BCUT2D eigenvalue weighted by molar-refractivity contribution is 9.09. The zero-order valence-electron chi connectivity index (χ0n) is 5.69. The van der Waals surface area contributed by atoms with Crippen LogP contribution in [0.5, 0.6) is 0 Å². The third-order valence-corrected chi connectivity index (χ3v) is 1.84. The van der Waals surface area contributed by atoms with Crippen molar-refractivity contribution >= 4 is 23.8 Å². The molecule has 0 aromatic heterocycles. The van der Waals surface area contributed by atoms with Gasteiger partial charge in [0.25, 0.3) is 0 Å². The number of halogens is 1. The number of allylic oxidation sites excluding steroid dienone is 2. The van der Waals surface area contributed by atoms with Crippen LogP contribution in [-0.4, -0.2) is 13.2 Å². The van der Waals surface area contributed by atoms with Crippen LogP contribution in [-0.2, 0) is 0 Å². The normalized spacial score (nSPS) is 7.50. The smallest absolute Gasteiger partial charge is 0.128 e. The third kappa shape index (κ3) is 2.25. The summed E-state index contributed by atoms with van der Waals surface area (Å²) in [5.74, 6) is 0. The van der Waals surface area contributed by atoms with E-state index in [2.05, 4.69) is 15.9 Å². The first kappa shape index (κ1) is 9.26. The molecule has 0 aromatic rings. The van der Waals surface area contributed by atoms with Gasteiger partial charge in [-0.05, 0) is 5.57 Å². The Morgan fingerprint density at radius 2 is 1.90 bits per heavy atom. The second kappa shape index (κ2) is 5.08. The lowest BCUT2D eigenvalue weighted by atomic mass is 9.95. The van der Waals surface area contributed by atoms with Crippen LogP contribution in [0.15, 0.2) is 11.1 Å². The highest BCUT2D eigenvalue weighted by Crippen LogP contribution is 2.09. The molecule has 0 aliphatic rings. The standard InChI is InChI=1S/C6H6BBrN2/c7-1-5(2-8)6(3-9)4-10/h1-2,7H2. The van der Waals surface area contributed by atoms with E-state index in [0.29, 0.717) is 5.33 Å². The SMILES string of the molecule is BCC(CBr)=C(C#N)C#N. The van der Waals surface area contributed by atoms with E-state index in [9.17, 15) is 0 Å². The van der Waals surface area contributed by atoms with Gasteiger partial charge >= 0.3 is 0 Å². The second-order valence-electron chi connectivity index (χ2n) is 1.69. The molecule has 0 rings (SSSR count). The zero-order valence-corrected chi connectivity index (χ0v) is 7.27. The van der Waals surface area contributed by atoms with Crippen molar-refractivity contribution in [1.82, 2.24) is 0 Å². The quantitative estimate of drug-likeness (QED) is 0.372. The average Bonchev–Trinajstić information content (AvgIpc) is 2.00. The minimum Gasteiger partial charge on any atom is -0.192 e. The van der Waals surface area contributed by atoms with Crippen molar-refractivity contribution in [3.63, 3.8) is 0 Å². The molecule has 0 aliphatic heterocycles. The molecule has 0 N–H and O–H groups in total. The maximum atomic E-state index is 8.41. The van der Waals surface area contributed by atoms with Gasteiger partial charge in [-0.15, -0.1) is 0 Å². The molecule has 0 aromatic carbocycles. The molecule has 0 spiro atoms. The topological polar surface area (TPSA) is 47.6 Å². The van der Waals surface area contributed by atoms with Gasteiger partial charge in [0.05, 0.1) is 0 Å². The Morgan fingerprint density at radius 1 is 1.40 bits per heavy atom. The van der Waals surface area contributed by atoms with Gasteiger partial charge in [0, 0.05) is 5.33 Å². The third-order valence-electron chi connectivity index (χ3n) is 1.17. The van der Waals surface area contributed by atoms with Crippen molar-refractivity contribution in [2.24, 2.45) is 0 Å². The van der Waals surface area contributed by atoms with E-state index in [-0.39, 0.29) is 5.57 Å². The molecule has 0 bridgehead atoms. The zero-order chi connectivity index (χ0) is 7.98. The summed E-state index contributed by atoms with van der Waals surface area (Å²) in [7, 11) is 1.92. The van der Waals surface area contributed by atoms with E-state index in [1.54, 1.807) is 0 Å². The van der Waals surface area contributed by atoms with E-state index in [0.717, 1.165) is 11.9 Å². The van der Waals surface area contributed by atoms with E-state index in [1.807, 2.05) is 20.0 Å². The summed E-state index contributed by atoms with van der Waals surface area (Å²) >= 11 is 3.20. The number of hydrogen-bond acceptors (Lipinski definition) is 2. The second-order valence-corrected chi connectivity index (χ2v) is 2.25. The lowest BCUT2D eigenvalue weighted by Crippen LogP contribution is -1.88. The molecule has 0 heterocycles. The van der Waals surface area contributed by atoms with Gasteiger partial charge in [0.2, 0.25) is 0 Å². The van der Waals surface area contributed by atoms with E-state index < -0.39 is 0 Å². The van der Waals surface area contributed by atoms with Crippen molar-refractivity contribution in [3.05, 3.63) is 11.1 Å². The Hall–Kier alpha value is -0.735. The Kier molecular flexibility index (Phi) is 4.71. The summed E-state index contributed by atoms with van der Waals surface area (Å²) in [6.45, 7) is 0. The fraction of sp³-hybridized carbons (Fsp3) is 0.333. The molecular weight excluding hydrogens is 191 g/mol. The summed E-state index contributed by atoms with van der Waals surface area (Å²) in [6, 6.07) is 3.68. The molecule has 50 valence electrons. The van der Waals surface area contributed by atoms with Crippen molar-refractivity contribution in [2.75, 3.05) is 5.33 Å². The fourth-order valence-electron chi connectivity index (χ4n) is 0.521. The average molecular weight is 197 g/mol. The first-order valence-electron chi connectivity index (χ1n) is 2.88. The maximum Gasteiger partial charge on any atom is 0.128 e. The largest absolute Gasteiger partial charge is 0.192 e. The van der Waals surface area contributed by atoms with Crippen LogP contribution in [0.4, 0.5) is 0 Å².